The van der Waals surface area contributed by atoms with Crippen molar-refractivity contribution in [2.45, 2.75) is 51.9 Å². The number of benzene rings is 1. The number of ether oxygens (including phenoxy) is 1. The second-order valence-corrected chi connectivity index (χ2v) is 6.76. The average Bonchev–Trinajstić information content (AvgIpc) is 3.12. The van der Waals surface area contributed by atoms with Gasteiger partial charge in [-0.05, 0) is 44.9 Å². The normalized spacial score (nSPS) is 15.6. The van der Waals surface area contributed by atoms with Crippen molar-refractivity contribution in [3.05, 3.63) is 35.7 Å². The zero-order valence-corrected chi connectivity index (χ0v) is 14.8. The molecule has 5 nitrogen and oxygen atoms in total. The van der Waals surface area contributed by atoms with E-state index in [0.29, 0.717) is 24.2 Å². The molecule has 0 unspecified atom stereocenters. The molecule has 0 radical (unpaired) electrons. The molecule has 1 aliphatic carbocycles. The van der Waals surface area contributed by atoms with Crippen molar-refractivity contribution >= 4 is 10.9 Å². The van der Waals surface area contributed by atoms with Crippen LogP contribution in [0.25, 0.3) is 22.3 Å². The molecular formula is C20H23N3O2. The summed E-state index contributed by atoms with van der Waals surface area (Å²) in [5.74, 6) is 2.28. The number of hydrogen-bond donors (Lipinski definition) is 0. The summed E-state index contributed by atoms with van der Waals surface area (Å²) in [4.78, 5) is 9.34. The standard InChI is InChI=1S/C20H23N3O2/c1-3-24-20-16(12-15-11-13(2)9-10-17(15)21-20)18-22-19(25-23-18)14-7-5-4-6-8-14/h9-12,14H,3-8H2,1-2H3. The molecule has 0 aliphatic heterocycles. The monoisotopic (exact) mass is 337 g/mol. The van der Waals surface area contributed by atoms with E-state index in [2.05, 4.69) is 40.2 Å². The highest BCUT2D eigenvalue weighted by atomic mass is 16.5. The van der Waals surface area contributed by atoms with Crippen LogP contribution in [0.1, 0.15) is 56.4 Å². The van der Waals surface area contributed by atoms with Crippen LogP contribution in [-0.4, -0.2) is 21.7 Å². The van der Waals surface area contributed by atoms with Crippen molar-refractivity contribution in [2.24, 2.45) is 0 Å². The van der Waals surface area contributed by atoms with Gasteiger partial charge in [0.2, 0.25) is 17.6 Å². The molecule has 130 valence electrons. The summed E-state index contributed by atoms with van der Waals surface area (Å²) in [6.45, 7) is 4.57. The Bertz CT molecular complexity index is 882. The molecule has 0 atom stereocenters. The van der Waals surface area contributed by atoms with Gasteiger partial charge in [-0.3, -0.25) is 0 Å². The van der Waals surface area contributed by atoms with E-state index >= 15 is 0 Å². The fourth-order valence-corrected chi connectivity index (χ4v) is 3.55. The van der Waals surface area contributed by atoms with Crippen LogP contribution in [0.5, 0.6) is 5.88 Å². The molecule has 0 bridgehead atoms. The van der Waals surface area contributed by atoms with Crippen LogP contribution in [0.4, 0.5) is 0 Å². The summed E-state index contributed by atoms with van der Waals surface area (Å²) >= 11 is 0. The molecule has 0 saturated heterocycles. The first-order valence-electron chi connectivity index (χ1n) is 9.13. The highest BCUT2D eigenvalue weighted by Gasteiger charge is 2.23. The van der Waals surface area contributed by atoms with E-state index in [4.69, 9.17) is 9.26 Å². The predicted molar refractivity (Wildman–Crippen MR) is 96.8 cm³/mol. The van der Waals surface area contributed by atoms with Gasteiger partial charge in [-0.2, -0.15) is 4.98 Å². The second-order valence-electron chi connectivity index (χ2n) is 6.76. The van der Waals surface area contributed by atoms with Gasteiger partial charge in [0.05, 0.1) is 17.7 Å². The quantitative estimate of drug-likeness (QED) is 0.667. The van der Waals surface area contributed by atoms with Gasteiger partial charge in [0, 0.05) is 11.3 Å². The molecule has 25 heavy (non-hydrogen) atoms. The number of pyridine rings is 1. The molecule has 1 saturated carbocycles. The van der Waals surface area contributed by atoms with E-state index in [0.717, 1.165) is 35.2 Å². The largest absolute Gasteiger partial charge is 0.477 e. The van der Waals surface area contributed by atoms with Gasteiger partial charge in [-0.25, -0.2) is 4.98 Å². The van der Waals surface area contributed by atoms with Gasteiger partial charge in [0.15, 0.2) is 0 Å². The van der Waals surface area contributed by atoms with E-state index in [1.54, 1.807) is 0 Å². The van der Waals surface area contributed by atoms with Crippen molar-refractivity contribution in [1.82, 2.24) is 15.1 Å². The summed E-state index contributed by atoms with van der Waals surface area (Å²) in [5, 5.41) is 5.29. The molecule has 2 aromatic heterocycles. The Morgan fingerprint density at radius 2 is 1.96 bits per heavy atom. The lowest BCUT2D eigenvalue weighted by Gasteiger charge is -2.17. The van der Waals surface area contributed by atoms with Gasteiger partial charge >= 0.3 is 0 Å². The smallest absolute Gasteiger partial charge is 0.230 e. The van der Waals surface area contributed by atoms with E-state index in [-0.39, 0.29) is 0 Å². The molecular weight excluding hydrogens is 314 g/mol. The van der Waals surface area contributed by atoms with Gasteiger partial charge in [0.1, 0.15) is 0 Å². The average molecular weight is 337 g/mol. The van der Waals surface area contributed by atoms with Crippen molar-refractivity contribution in [3.8, 4) is 17.3 Å². The molecule has 4 rings (SSSR count). The number of rotatable bonds is 4. The van der Waals surface area contributed by atoms with E-state index in [1.165, 1.54) is 24.8 Å². The summed E-state index contributed by atoms with van der Waals surface area (Å²) < 4.78 is 11.3. The number of aryl methyl sites for hydroxylation is 1. The van der Waals surface area contributed by atoms with E-state index in [1.807, 2.05) is 13.0 Å². The number of nitrogens with zero attached hydrogens (tertiary/aromatic N) is 3. The van der Waals surface area contributed by atoms with Crippen molar-refractivity contribution in [1.29, 1.82) is 0 Å². The molecule has 0 amide bonds. The minimum Gasteiger partial charge on any atom is -0.477 e. The van der Waals surface area contributed by atoms with Crippen LogP contribution < -0.4 is 4.74 Å². The molecule has 5 heteroatoms. The zero-order chi connectivity index (χ0) is 17.2. The Labute approximate surface area is 147 Å². The molecule has 1 fully saturated rings. The molecule has 0 spiro atoms. The topological polar surface area (TPSA) is 61.0 Å². The third-order valence-corrected chi connectivity index (χ3v) is 4.85. The molecule has 3 aromatic rings. The lowest BCUT2D eigenvalue weighted by atomic mass is 9.89. The second kappa shape index (κ2) is 6.82. The van der Waals surface area contributed by atoms with Crippen molar-refractivity contribution < 1.29 is 9.26 Å². The fourth-order valence-electron chi connectivity index (χ4n) is 3.55. The summed E-state index contributed by atoms with van der Waals surface area (Å²) in [6.07, 6.45) is 6.05. The van der Waals surface area contributed by atoms with Crippen molar-refractivity contribution in [3.63, 3.8) is 0 Å². The van der Waals surface area contributed by atoms with E-state index < -0.39 is 0 Å². The SMILES string of the molecule is CCOc1nc2ccc(C)cc2cc1-c1noc(C2CCCCC2)n1. The molecule has 2 heterocycles. The van der Waals surface area contributed by atoms with Crippen LogP contribution >= 0.6 is 0 Å². The molecule has 1 aromatic carbocycles. The predicted octanol–water partition coefficient (Wildman–Crippen LogP) is 5.04. The van der Waals surface area contributed by atoms with Crippen LogP contribution in [0.2, 0.25) is 0 Å². The molecule has 0 N–H and O–H groups in total. The van der Waals surface area contributed by atoms with Crippen molar-refractivity contribution in [2.75, 3.05) is 6.61 Å². The third-order valence-electron chi connectivity index (χ3n) is 4.85. The minimum absolute atomic E-state index is 0.390. The Morgan fingerprint density at radius 1 is 1.12 bits per heavy atom. The highest BCUT2D eigenvalue weighted by Crippen LogP contribution is 2.35. The maximum atomic E-state index is 5.75. The first-order valence-corrected chi connectivity index (χ1v) is 9.13. The van der Waals surface area contributed by atoms with Gasteiger partial charge in [0.25, 0.3) is 0 Å². The summed E-state index contributed by atoms with van der Waals surface area (Å²) in [7, 11) is 0. The highest BCUT2D eigenvalue weighted by molar-refractivity contribution is 5.85. The van der Waals surface area contributed by atoms with Crippen LogP contribution in [-0.2, 0) is 0 Å². The number of hydrogen-bond acceptors (Lipinski definition) is 5. The van der Waals surface area contributed by atoms with Crippen LogP contribution in [0.3, 0.4) is 0 Å². The Balaban J connectivity index is 1.76. The summed E-state index contributed by atoms with van der Waals surface area (Å²) in [5.41, 5.74) is 2.90. The lowest BCUT2D eigenvalue weighted by molar-refractivity contribution is 0.313. The number of aromatic nitrogens is 3. The molecule has 1 aliphatic rings. The minimum atomic E-state index is 0.390. The first-order chi connectivity index (χ1) is 12.2. The Morgan fingerprint density at radius 3 is 2.76 bits per heavy atom. The van der Waals surface area contributed by atoms with Crippen LogP contribution in [0.15, 0.2) is 28.8 Å². The van der Waals surface area contributed by atoms with Gasteiger partial charge in [-0.1, -0.05) is 36.0 Å². The third kappa shape index (κ3) is 3.23. The lowest BCUT2D eigenvalue weighted by Crippen LogP contribution is -2.04. The fraction of sp³-hybridized carbons (Fsp3) is 0.450. The van der Waals surface area contributed by atoms with Gasteiger partial charge in [-0.15, -0.1) is 0 Å². The maximum Gasteiger partial charge on any atom is 0.230 e. The summed E-state index contributed by atoms with van der Waals surface area (Å²) in [6, 6.07) is 8.24. The first kappa shape index (κ1) is 16.1. The van der Waals surface area contributed by atoms with E-state index in [9.17, 15) is 0 Å². The number of fused-ring (bicyclic) bond motifs is 1. The Kier molecular flexibility index (Phi) is 4.38. The maximum absolute atomic E-state index is 5.75. The van der Waals surface area contributed by atoms with Crippen LogP contribution in [0, 0.1) is 6.92 Å². The van der Waals surface area contributed by atoms with Gasteiger partial charge < -0.3 is 9.26 Å². The zero-order valence-electron chi connectivity index (χ0n) is 14.8. The Hall–Kier alpha value is -2.43.